The van der Waals surface area contributed by atoms with Crippen molar-refractivity contribution in [2.45, 2.75) is 19.3 Å². The second kappa shape index (κ2) is 11.2. The number of nitrogens with zero attached hydrogens (tertiary/aromatic N) is 6. The van der Waals surface area contributed by atoms with E-state index < -0.39 is 5.91 Å². The van der Waals surface area contributed by atoms with Gasteiger partial charge in [0.05, 0.1) is 17.5 Å². The average molecular weight is 530 g/mol. The number of amides is 2. The Kier molecular flexibility index (Phi) is 7.56. The number of hydrogen-bond donors (Lipinski definition) is 1. The molecule has 2 N–H and O–H groups in total. The fourth-order valence-electron chi connectivity index (χ4n) is 4.96. The largest absolute Gasteiger partial charge is 0.366 e. The van der Waals surface area contributed by atoms with Gasteiger partial charge in [0, 0.05) is 68.9 Å². The molecule has 3 heterocycles. The number of carbonyl (C=O) groups is 2. The average Bonchev–Trinajstić information content (AvgIpc) is 3.55. The van der Waals surface area contributed by atoms with Crippen LogP contribution >= 0.6 is 0 Å². The zero-order valence-corrected chi connectivity index (χ0v) is 22.2. The number of hydrogen-bond acceptors (Lipinski definition) is 5. The third-order valence-electron chi connectivity index (χ3n) is 7.11. The molecule has 0 spiro atoms. The topological polar surface area (TPSA) is 102 Å². The number of carbonyl (C=O) groups excluding carboxylic acids is 2. The minimum atomic E-state index is -0.580. The predicted molar refractivity (Wildman–Crippen MR) is 147 cm³/mol. The lowest BCUT2D eigenvalue weighted by molar-refractivity contribution is -0.132. The highest BCUT2D eigenvalue weighted by atomic mass is 19.1. The summed E-state index contributed by atoms with van der Waals surface area (Å²) in [5.41, 5.74) is 9.73. The Labute approximate surface area is 226 Å². The summed E-state index contributed by atoms with van der Waals surface area (Å²) < 4.78 is 17.3. The molecule has 2 aromatic carbocycles. The second-order valence-corrected chi connectivity index (χ2v) is 9.93. The first-order chi connectivity index (χ1) is 18.8. The van der Waals surface area contributed by atoms with E-state index in [1.165, 1.54) is 12.1 Å². The molecular formula is C29H32FN7O2. The highest BCUT2D eigenvalue weighted by Crippen LogP contribution is 2.36. The molecule has 1 fully saturated rings. The van der Waals surface area contributed by atoms with E-state index in [1.54, 1.807) is 35.1 Å². The SMILES string of the molecule is CN1CCN(C(=O)CCCc2cn(-c3ccc(F)cc3)c(-c3c(C(N)=O)cccc3-c3cnn(C)c3)n2)CC1. The highest BCUT2D eigenvalue weighted by molar-refractivity contribution is 6.03. The molecule has 0 atom stereocenters. The van der Waals surface area contributed by atoms with Gasteiger partial charge in [-0.15, -0.1) is 0 Å². The van der Waals surface area contributed by atoms with Gasteiger partial charge in [-0.05, 0) is 55.8 Å². The third-order valence-corrected chi connectivity index (χ3v) is 7.11. The molecule has 4 aromatic rings. The Morgan fingerprint density at radius 1 is 1.00 bits per heavy atom. The van der Waals surface area contributed by atoms with Crippen molar-refractivity contribution in [3.05, 3.63) is 78.1 Å². The predicted octanol–water partition coefficient (Wildman–Crippen LogP) is 3.27. The van der Waals surface area contributed by atoms with Gasteiger partial charge >= 0.3 is 0 Å². The van der Waals surface area contributed by atoms with Gasteiger partial charge in [0.1, 0.15) is 11.6 Å². The quantitative estimate of drug-likeness (QED) is 0.378. The van der Waals surface area contributed by atoms with Gasteiger partial charge in [-0.2, -0.15) is 5.10 Å². The zero-order valence-electron chi connectivity index (χ0n) is 22.2. The molecule has 39 heavy (non-hydrogen) atoms. The minimum absolute atomic E-state index is 0.152. The molecule has 10 heteroatoms. The number of halogens is 1. The van der Waals surface area contributed by atoms with Crippen LogP contribution in [0.2, 0.25) is 0 Å². The summed E-state index contributed by atoms with van der Waals surface area (Å²) in [6.45, 7) is 3.27. The number of nitrogens with two attached hydrogens (primary N) is 1. The highest BCUT2D eigenvalue weighted by Gasteiger charge is 2.23. The van der Waals surface area contributed by atoms with Gasteiger partial charge in [-0.3, -0.25) is 18.8 Å². The smallest absolute Gasteiger partial charge is 0.249 e. The summed E-state index contributed by atoms with van der Waals surface area (Å²) in [6.07, 6.45) is 7.11. The van der Waals surface area contributed by atoms with Gasteiger partial charge in [0.2, 0.25) is 11.8 Å². The van der Waals surface area contributed by atoms with Crippen molar-refractivity contribution in [1.82, 2.24) is 29.1 Å². The monoisotopic (exact) mass is 529 g/mol. The number of likely N-dealkylation sites (N-methyl/N-ethyl adjacent to an activating group) is 1. The first kappa shape index (κ1) is 26.3. The van der Waals surface area contributed by atoms with Crippen LogP contribution in [0, 0.1) is 5.82 Å². The lowest BCUT2D eigenvalue weighted by atomic mass is 9.96. The first-order valence-corrected chi connectivity index (χ1v) is 13.0. The van der Waals surface area contributed by atoms with Gasteiger partial charge in [0.25, 0.3) is 0 Å². The Balaban J connectivity index is 1.51. The molecule has 2 amide bonds. The molecule has 0 bridgehead atoms. The molecule has 0 aliphatic carbocycles. The van der Waals surface area contributed by atoms with Crippen molar-refractivity contribution in [3.63, 3.8) is 0 Å². The van der Waals surface area contributed by atoms with Crippen molar-refractivity contribution in [1.29, 1.82) is 0 Å². The van der Waals surface area contributed by atoms with E-state index in [1.807, 2.05) is 35.0 Å². The second-order valence-electron chi connectivity index (χ2n) is 9.93. The lowest BCUT2D eigenvalue weighted by Gasteiger charge is -2.32. The normalized spacial score (nSPS) is 14.1. The number of aryl methyl sites for hydroxylation is 2. The van der Waals surface area contributed by atoms with Gasteiger partial charge in [0.15, 0.2) is 0 Å². The fraction of sp³-hybridized carbons (Fsp3) is 0.310. The Bertz CT molecular complexity index is 1480. The number of primary amides is 1. The molecule has 0 radical (unpaired) electrons. The van der Waals surface area contributed by atoms with Gasteiger partial charge < -0.3 is 15.5 Å². The van der Waals surface area contributed by atoms with E-state index in [0.717, 1.165) is 43.0 Å². The molecule has 5 rings (SSSR count). The van der Waals surface area contributed by atoms with Crippen molar-refractivity contribution < 1.29 is 14.0 Å². The van der Waals surface area contributed by atoms with Crippen LogP contribution in [0.5, 0.6) is 0 Å². The summed E-state index contributed by atoms with van der Waals surface area (Å²) >= 11 is 0. The number of rotatable bonds is 8. The molecule has 1 aliphatic heterocycles. The molecule has 9 nitrogen and oxygen atoms in total. The van der Waals surface area contributed by atoms with Crippen molar-refractivity contribution in [2.24, 2.45) is 12.8 Å². The van der Waals surface area contributed by atoms with Gasteiger partial charge in [-0.1, -0.05) is 12.1 Å². The molecular weight excluding hydrogens is 497 g/mol. The van der Waals surface area contributed by atoms with E-state index in [2.05, 4.69) is 17.0 Å². The van der Waals surface area contributed by atoms with Crippen LogP contribution < -0.4 is 5.73 Å². The van der Waals surface area contributed by atoms with E-state index >= 15 is 0 Å². The maximum atomic E-state index is 13.8. The Morgan fingerprint density at radius 2 is 1.74 bits per heavy atom. The Morgan fingerprint density at radius 3 is 2.41 bits per heavy atom. The van der Waals surface area contributed by atoms with Crippen LogP contribution in [0.3, 0.4) is 0 Å². The maximum Gasteiger partial charge on any atom is 0.249 e. The van der Waals surface area contributed by atoms with Crippen LogP contribution in [-0.4, -0.2) is 74.2 Å². The summed E-state index contributed by atoms with van der Waals surface area (Å²) in [4.78, 5) is 34.4. The van der Waals surface area contributed by atoms with E-state index in [-0.39, 0.29) is 11.7 Å². The van der Waals surface area contributed by atoms with E-state index in [9.17, 15) is 14.0 Å². The van der Waals surface area contributed by atoms with E-state index in [4.69, 9.17) is 10.7 Å². The molecule has 0 unspecified atom stereocenters. The number of benzene rings is 2. The summed E-state index contributed by atoms with van der Waals surface area (Å²) in [6, 6.07) is 11.5. The van der Waals surface area contributed by atoms with E-state index in [0.29, 0.717) is 41.9 Å². The van der Waals surface area contributed by atoms with Crippen LogP contribution in [0.15, 0.2) is 61.1 Å². The third kappa shape index (κ3) is 5.75. The first-order valence-electron chi connectivity index (χ1n) is 13.0. The molecule has 1 aliphatic rings. The molecule has 2 aromatic heterocycles. The number of piperazine rings is 1. The fourth-order valence-corrected chi connectivity index (χ4v) is 4.96. The number of aromatic nitrogens is 4. The Hall–Kier alpha value is -4.31. The van der Waals surface area contributed by atoms with Crippen LogP contribution in [-0.2, 0) is 18.3 Å². The standard InChI is InChI=1S/C29H32FN7O2/c1-34-13-15-36(16-14-34)26(38)8-3-5-22-19-37(23-11-9-21(30)10-12-23)29(33-22)27-24(20-17-32-35(2)18-20)6-4-7-25(27)28(31)39/h4,6-7,9-12,17-19H,3,5,8,13-16H2,1-2H3,(H2,31,39). The lowest BCUT2D eigenvalue weighted by Crippen LogP contribution is -2.47. The minimum Gasteiger partial charge on any atom is -0.366 e. The summed E-state index contributed by atoms with van der Waals surface area (Å²) in [5.74, 6) is -0.269. The summed E-state index contributed by atoms with van der Waals surface area (Å²) in [7, 11) is 3.88. The van der Waals surface area contributed by atoms with Crippen LogP contribution in [0.25, 0.3) is 28.2 Å². The molecule has 202 valence electrons. The number of imidazole rings is 1. The van der Waals surface area contributed by atoms with Gasteiger partial charge in [-0.25, -0.2) is 9.37 Å². The molecule has 0 saturated carbocycles. The zero-order chi connectivity index (χ0) is 27.5. The summed E-state index contributed by atoms with van der Waals surface area (Å²) in [5, 5.41) is 4.29. The van der Waals surface area contributed by atoms with Crippen LogP contribution in [0.1, 0.15) is 28.9 Å². The van der Waals surface area contributed by atoms with Crippen molar-refractivity contribution in [3.8, 4) is 28.2 Å². The van der Waals surface area contributed by atoms with Crippen molar-refractivity contribution >= 4 is 11.8 Å². The van der Waals surface area contributed by atoms with Crippen molar-refractivity contribution in [2.75, 3.05) is 33.2 Å². The maximum absolute atomic E-state index is 13.8. The van der Waals surface area contributed by atoms with Crippen LogP contribution in [0.4, 0.5) is 4.39 Å². The molecule has 1 saturated heterocycles.